The highest BCUT2D eigenvalue weighted by molar-refractivity contribution is 5.76. The number of nitrogens with zero attached hydrogens (tertiary/aromatic N) is 2. The quantitative estimate of drug-likeness (QED) is 0.699. The topological polar surface area (TPSA) is 30.1 Å². The summed E-state index contributed by atoms with van der Waals surface area (Å²) in [6.07, 6.45) is 0. The van der Waals surface area contributed by atoms with Crippen molar-refractivity contribution in [3.63, 3.8) is 0 Å². The van der Waals surface area contributed by atoms with Gasteiger partial charge in [-0.2, -0.15) is 0 Å². The molecule has 1 aliphatic rings. The summed E-state index contributed by atoms with van der Waals surface area (Å²) in [5, 5.41) is 3.38. The van der Waals surface area contributed by atoms with Crippen LogP contribution in [0, 0.1) is 0 Å². The first-order chi connectivity index (χ1) is 7.31. The molecule has 4 heteroatoms. The molecule has 3 rings (SSSR count). The number of fused-ring (bicyclic) bond motifs is 3. The molecule has 1 aromatic carbocycles. The Balaban J connectivity index is 2.35. The average molecular weight is 204 g/mol. The van der Waals surface area contributed by atoms with Crippen LogP contribution in [0.15, 0.2) is 18.2 Å². The Morgan fingerprint density at radius 3 is 3.13 bits per heavy atom. The molecule has 0 saturated carbocycles. The number of methoxy groups -OCH3 is 1. The number of imidazole rings is 1. The average Bonchev–Trinajstić information content (AvgIpc) is 2.83. The Morgan fingerprint density at radius 2 is 2.33 bits per heavy atom. The van der Waals surface area contributed by atoms with Crippen LogP contribution < -0.4 is 14.6 Å². The van der Waals surface area contributed by atoms with Gasteiger partial charge in [0.05, 0.1) is 20.7 Å². The Labute approximate surface area is 88.1 Å². The molecule has 0 atom stereocenters. The summed E-state index contributed by atoms with van der Waals surface area (Å²) in [4.78, 5) is 0. The van der Waals surface area contributed by atoms with Crippen LogP contribution in [0.4, 0.5) is 5.95 Å². The van der Waals surface area contributed by atoms with Crippen LogP contribution in [0.25, 0.3) is 11.0 Å². The lowest BCUT2D eigenvalue weighted by Crippen LogP contribution is -2.29. The molecule has 1 aromatic heterocycles. The Hall–Kier alpha value is -1.71. The van der Waals surface area contributed by atoms with Crippen molar-refractivity contribution in [2.24, 2.45) is 7.05 Å². The van der Waals surface area contributed by atoms with E-state index in [-0.39, 0.29) is 0 Å². The maximum Gasteiger partial charge on any atom is 0.358 e. The largest absolute Gasteiger partial charge is 0.497 e. The third kappa shape index (κ3) is 1.04. The highest BCUT2D eigenvalue weighted by atomic mass is 16.5. The van der Waals surface area contributed by atoms with E-state index in [1.54, 1.807) is 7.11 Å². The minimum Gasteiger partial charge on any atom is -0.497 e. The van der Waals surface area contributed by atoms with Crippen molar-refractivity contribution in [1.82, 2.24) is 4.57 Å². The van der Waals surface area contributed by atoms with E-state index >= 15 is 0 Å². The summed E-state index contributed by atoms with van der Waals surface area (Å²) in [5.41, 5.74) is 2.47. The van der Waals surface area contributed by atoms with E-state index in [0.717, 1.165) is 18.8 Å². The van der Waals surface area contributed by atoms with Gasteiger partial charge >= 0.3 is 5.95 Å². The number of nitrogens with one attached hydrogen (secondary N) is 1. The summed E-state index contributed by atoms with van der Waals surface area (Å²) >= 11 is 0. The van der Waals surface area contributed by atoms with E-state index in [9.17, 15) is 0 Å². The number of aromatic nitrogens is 2. The summed E-state index contributed by atoms with van der Waals surface area (Å²) < 4.78 is 9.72. The summed E-state index contributed by atoms with van der Waals surface area (Å²) in [6, 6.07) is 6.19. The Kier molecular flexibility index (Phi) is 1.65. The van der Waals surface area contributed by atoms with Crippen LogP contribution in [-0.4, -0.2) is 18.2 Å². The molecule has 78 valence electrons. The first kappa shape index (κ1) is 8.59. The molecule has 4 nitrogen and oxygen atoms in total. The molecule has 1 aliphatic heterocycles. The summed E-state index contributed by atoms with van der Waals surface area (Å²) in [7, 11) is 3.78. The molecule has 0 aliphatic carbocycles. The molecule has 0 unspecified atom stereocenters. The molecule has 2 aromatic rings. The fraction of sp³-hybridized carbons (Fsp3) is 0.364. The fourth-order valence-corrected chi connectivity index (χ4v) is 2.26. The number of rotatable bonds is 1. The SMILES string of the molecule is COc1ccc2c(c1)n1c([n+]2C)NCC1. The second-order valence-electron chi connectivity index (χ2n) is 3.82. The van der Waals surface area contributed by atoms with Gasteiger partial charge in [-0.25, -0.2) is 9.13 Å². The van der Waals surface area contributed by atoms with Crippen molar-refractivity contribution in [2.45, 2.75) is 6.54 Å². The van der Waals surface area contributed by atoms with Gasteiger partial charge in [-0.15, -0.1) is 0 Å². The lowest BCUT2D eigenvalue weighted by molar-refractivity contribution is -0.630. The second kappa shape index (κ2) is 2.89. The first-order valence-electron chi connectivity index (χ1n) is 5.11. The number of aryl methyl sites for hydroxylation is 1. The van der Waals surface area contributed by atoms with Gasteiger partial charge in [0.15, 0.2) is 0 Å². The molecule has 0 spiro atoms. The number of benzene rings is 1. The third-order valence-corrected chi connectivity index (χ3v) is 3.03. The van der Waals surface area contributed by atoms with Crippen LogP contribution in [0.2, 0.25) is 0 Å². The van der Waals surface area contributed by atoms with Crippen LogP contribution in [0.1, 0.15) is 0 Å². The van der Waals surface area contributed by atoms with Gasteiger partial charge in [-0.1, -0.05) is 0 Å². The summed E-state index contributed by atoms with van der Waals surface area (Å²) in [5.74, 6) is 2.09. The lowest BCUT2D eigenvalue weighted by atomic mass is 10.3. The van der Waals surface area contributed by atoms with Gasteiger partial charge < -0.3 is 4.74 Å². The normalized spacial score (nSPS) is 14.0. The van der Waals surface area contributed by atoms with Crippen molar-refractivity contribution in [2.75, 3.05) is 19.0 Å². The van der Waals surface area contributed by atoms with E-state index in [2.05, 4.69) is 33.6 Å². The maximum atomic E-state index is 5.25. The molecule has 0 amide bonds. The van der Waals surface area contributed by atoms with E-state index in [1.165, 1.54) is 17.0 Å². The predicted octanol–water partition coefficient (Wildman–Crippen LogP) is 0.900. The third-order valence-electron chi connectivity index (χ3n) is 3.03. The molecule has 0 radical (unpaired) electrons. The van der Waals surface area contributed by atoms with Gasteiger partial charge in [0.25, 0.3) is 0 Å². The van der Waals surface area contributed by atoms with Crippen LogP contribution in [0.3, 0.4) is 0 Å². The van der Waals surface area contributed by atoms with Gasteiger partial charge in [0, 0.05) is 6.07 Å². The lowest BCUT2D eigenvalue weighted by Gasteiger charge is -1.98. The zero-order valence-electron chi connectivity index (χ0n) is 8.95. The fourth-order valence-electron chi connectivity index (χ4n) is 2.26. The predicted molar refractivity (Wildman–Crippen MR) is 58.2 cm³/mol. The number of hydrogen-bond donors (Lipinski definition) is 1. The van der Waals surface area contributed by atoms with Crippen LogP contribution in [0.5, 0.6) is 5.75 Å². The van der Waals surface area contributed by atoms with Crippen molar-refractivity contribution in [3.8, 4) is 5.75 Å². The van der Waals surface area contributed by atoms with Gasteiger partial charge in [-0.3, -0.25) is 5.32 Å². The monoisotopic (exact) mass is 204 g/mol. The molecular formula is C11H14N3O+. The van der Waals surface area contributed by atoms with E-state index in [1.807, 2.05) is 6.07 Å². The van der Waals surface area contributed by atoms with E-state index < -0.39 is 0 Å². The van der Waals surface area contributed by atoms with E-state index in [4.69, 9.17) is 4.74 Å². The van der Waals surface area contributed by atoms with Crippen LogP contribution >= 0.6 is 0 Å². The summed E-state index contributed by atoms with van der Waals surface area (Å²) in [6.45, 7) is 2.04. The Morgan fingerprint density at radius 1 is 1.47 bits per heavy atom. The number of hydrogen-bond acceptors (Lipinski definition) is 2. The molecule has 2 heterocycles. The molecule has 15 heavy (non-hydrogen) atoms. The van der Waals surface area contributed by atoms with Crippen molar-refractivity contribution >= 4 is 17.0 Å². The number of anilines is 1. The van der Waals surface area contributed by atoms with Gasteiger partial charge in [0.2, 0.25) is 0 Å². The zero-order valence-corrected chi connectivity index (χ0v) is 8.95. The maximum absolute atomic E-state index is 5.25. The van der Waals surface area contributed by atoms with Crippen molar-refractivity contribution < 1.29 is 9.30 Å². The van der Waals surface area contributed by atoms with Gasteiger partial charge in [0.1, 0.15) is 23.3 Å². The standard InChI is InChI=1S/C11H13N3O/c1-13-9-4-3-8(15-2)7-10(9)14-6-5-12-11(13)14/h3-4,7H,5-6H2,1-2H3/p+1. The molecule has 0 bridgehead atoms. The van der Waals surface area contributed by atoms with Gasteiger partial charge in [-0.05, 0) is 12.1 Å². The highest BCUT2D eigenvalue weighted by Gasteiger charge is 2.26. The van der Waals surface area contributed by atoms with Crippen LogP contribution in [-0.2, 0) is 13.6 Å². The zero-order chi connectivity index (χ0) is 10.4. The number of ether oxygens (including phenoxy) is 1. The van der Waals surface area contributed by atoms with Crippen molar-refractivity contribution in [1.29, 1.82) is 0 Å². The smallest absolute Gasteiger partial charge is 0.358 e. The highest BCUT2D eigenvalue weighted by Crippen LogP contribution is 2.24. The minimum atomic E-state index is 0.912. The Bertz CT molecular complexity index is 530. The molecule has 0 fully saturated rings. The second-order valence-corrected chi connectivity index (χ2v) is 3.82. The molecule has 1 N–H and O–H groups in total. The minimum absolute atomic E-state index is 0.912. The van der Waals surface area contributed by atoms with Crippen molar-refractivity contribution in [3.05, 3.63) is 18.2 Å². The molecule has 0 saturated heterocycles. The van der Waals surface area contributed by atoms with E-state index in [0.29, 0.717) is 0 Å². The molecular weight excluding hydrogens is 190 g/mol. The first-order valence-corrected chi connectivity index (χ1v) is 5.11.